The van der Waals surface area contributed by atoms with Gasteiger partial charge in [0.2, 0.25) is 0 Å². The number of rotatable bonds is 5. The number of piperidine rings is 1. The predicted molar refractivity (Wildman–Crippen MR) is 84.5 cm³/mol. The molecular weight excluding hydrogens is 282 g/mol. The summed E-state index contributed by atoms with van der Waals surface area (Å²) in [7, 11) is 1.37. The van der Waals surface area contributed by atoms with Crippen LogP contribution in [0.1, 0.15) is 47.5 Å². The summed E-state index contributed by atoms with van der Waals surface area (Å²) in [5, 5.41) is 0. The number of carbonyl (C=O) groups is 1. The summed E-state index contributed by atoms with van der Waals surface area (Å²) in [6.07, 6.45) is 3.74. The molecule has 0 bridgehead atoms. The summed E-state index contributed by atoms with van der Waals surface area (Å²) < 4.78 is 16.1. The first-order valence-electron chi connectivity index (χ1n) is 7.96. The van der Waals surface area contributed by atoms with Gasteiger partial charge in [0.15, 0.2) is 0 Å². The Bertz CT molecular complexity index is 434. The van der Waals surface area contributed by atoms with Crippen LogP contribution in [0.3, 0.4) is 0 Å². The SMILES string of the molecule is COC(=O)/C=C(/C)OC1CC(C)(C)N(CC2CO2)C(C)(C)C1. The molecule has 0 spiro atoms. The quantitative estimate of drug-likeness (QED) is 0.338. The second-order valence-electron chi connectivity index (χ2n) is 7.62. The minimum atomic E-state index is -0.376. The van der Waals surface area contributed by atoms with Crippen molar-refractivity contribution in [2.24, 2.45) is 0 Å². The van der Waals surface area contributed by atoms with Gasteiger partial charge in [0.05, 0.1) is 25.9 Å². The van der Waals surface area contributed by atoms with Gasteiger partial charge in [0, 0.05) is 30.5 Å². The second kappa shape index (κ2) is 6.20. The Morgan fingerprint density at radius 2 is 1.82 bits per heavy atom. The number of epoxide rings is 1. The Balaban J connectivity index is 2.04. The topological polar surface area (TPSA) is 51.3 Å². The van der Waals surface area contributed by atoms with E-state index in [-0.39, 0.29) is 23.2 Å². The number of carbonyl (C=O) groups excluding carboxylic acids is 1. The molecule has 0 aromatic rings. The van der Waals surface area contributed by atoms with Gasteiger partial charge in [-0.1, -0.05) is 0 Å². The highest BCUT2D eigenvalue weighted by Crippen LogP contribution is 2.41. The lowest BCUT2D eigenvalue weighted by Gasteiger charge is -2.55. The molecular formula is C17H29NO4. The Labute approximate surface area is 133 Å². The number of likely N-dealkylation sites (tertiary alicyclic amines) is 1. The fourth-order valence-electron chi connectivity index (χ4n) is 3.70. The van der Waals surface area contributed by atoms with E-state index in [1.807, 2.05) is 0 Å². The summed E-state index contributed by atoms with van der Waals surface area (Å²) in [5.41, 5.74) is 0.0633. The summed E-state index contributed by atoms with van der Waals surface area (Å²) in [4.78, 5) is 13.8. The molecule has 1 atom stereocenters. The molecule has 2 aliphatic rings. The van der Waals surface area contributed by atoms with E-state index in [0.29, 0.717) is 11.9 Å². The first-order valence-corrected chi connectivity index (χ1v) is 7.96. The van der Waals surface area contributed by atoms with Crippen LogP contribution in [0.5, 0.6) is 0 Å². The largest absolute Gasteiger partial charge is 0.495 e. The summed E-state index contributed by atoms with van der Waals surface area (Å²) in [6.45, 7) is 12.7. The molecule has 2 heterocycles. The van der Waals surface area contributed by atoms with Crippen molar-refractivity contribution >= 4 is 5.97 Å². The molecule has 0 N–H and O–H groups in total. The number of hydrogen-bond donors (Lipinski definition) is 0. The first kappa shape index (κ1) is 17.3. The normalized spacial score (nSPS) is 28.3. The molecule has 0 aliphatic carbocycles. The van der Waals surface area contributed by atoms with Crippen LogP contribution in [-0.4, -0.2) is 54.4 Å². The van der Waals surface area contributed by atoms with E-state index in [1.54, 1.807) is 6.92 Å². The Morgan fingerprint density at radius 1 is 1.27 bits per heavy atom. The van der Waals surface area contributed by atoms with E-state index in [9.17, 15) is 4.79 Å². The number of methoxy groups -OCH3 is 1. The van der Waals surface area contributed by atoms with Crippen molar-refractivity contribution in [3.8, 4) is 0 Å². The van der Waals surface area contributed by atoms with Crippen LogP contribution in [0.15, 0.2) is 11.8 Å². The van der Waals surface area contributed by atoms with Crippen molar-refractivity contribution in [1.29, 1.82) is 0 Å². The van der Waals surface area contributed by atoms with Crippen molar-refractivity contribution in [2.45, 2.75) is 70.7 Å². The van der Waals surface area contributed by atoms with Crippen molar-refractivity contribution in [3.63, 3.8) is 0 Å². The lowest BCUT2D eigenvalue weighted by molar-refractivity contribution is -0.135. The maximum Gasteiger partial charge on any atom is 0.333 e. The number of ether oxygens (including phenoxy) is 3. The zero-order valence-electron chi connectivity index (χ0n) is 14.6. The highest BCUT2D eigenvalue weighted by Gasteiger charge is 2.47. The molecule has 0 aromatic carbocycles. The van der Waals surface area contributed by atoms with E-state index < -0.39 is 0 Å². The Morgan fingerprint density at radius 3 is 2.27 bits per heavy atom. The average Bonchev–Trinajstić information content (AvgIpc) is 3.16. The van der Waals surface area contributed by atoms with Crippen LogP contribution in [-0.2, 0) is 19.0 Å². The minimum absolute atomic E-state index is 0.0317. The average molecular weight is 311 g/mol. The molecule has 5 nitrogen and oxygen atoms in total. The fraction of sp³-hybridized carbons (Fsp3) is 0.824. The van der Waals surface area contributed by atoms with Crippen molar-refractivity contribution < 1.29 is 19.0 Å². The molecule has 1 unspecified atom stereocenters. The molecule has 0 radical (unpaired) electrons. The lowest BCUT2D eigenvalue weighted by Crippen LogP contribution is -2.62. The zero-order chi connectivity index (χ0) is 16.5. The molecule has 0 saturated carbocycles. The number of allylic oxidation sites excluding steroid dienone is 1. The van der Waals surface area contributed by atoms with E-state index in [0.717, 1.165) is 26.0 Å². The van der Waals surface area contributed by atoms with Gasteiger partial charge in [-0.3, -0.25) is 4.90 Å². The number of esters is 1. The monoisotopic (exact) mass is 311 g/mol. The fourth-order valence-corrected chi connectivity index (χ4v) is 3.70. The molecule has 2 rings (SSSR count). The lowest BCUT2D eigenvalue weighted by atomic mass is 9.78. The van der Waals surface area contributed by atoms with Gasteiger partial charge in [-0.05, 0) is 34.6 Å². The maximum absolute atomic E-state index is 11.3. The predicted octanol–water partition coefficient (Wildman–Crippen LogP) is 2.50. The van der Waals surface area contributed by atoms with Crippen molar-refractivity contribution in [1.82, 2.24) is 4.90 Å². The van der Waals surface area contributed by atoms with Gasteiger partial charge in [-0.15, -0.1) is 0 Å². The van der Waals surface area contributed by atoms with E-state index in [4.69, 9.17) is 9.47 Å². The van der Waals surface area contributed by atoms with Crippen LogP contribution in [0.4, 0.5) is 0 Å². The van der Waals surface area contributed by atoms with Crippen molar-refractivity contribution in [2.75, 3.05) is 20.3 Å². The van der Waals surface area contributed by atoms with Gasteiger partial charge >= 0.3 is 5.97 Å². The molecule has 0 aromatic heterocycles. The van der Waals surface area contributed by atoms with Gasteiger partial charge in [0.1, 0.15) is 11.9 Å². The van der Waals surface area contributed by atoms with Crippen LogP contribution in [0, 0.1) is 0 Å². The third-order valence-corrected chi connectivity index (χ3v) is 4.58. The van der Waals surface area contributed by atoms with Gasteiger partial charge in [-0.2, -0.15) is 0 Å². The summed E-state index contributed by atoms with van der Waals surface area (Å²) >= 11 is 0. The van der Waals surface area contributed by atoms with Crippen LogP contribution < -0.4 is 0 Å². The van der Waals surface area contributed by atoms with E-state index in [2.05, 4.69) is 37.3 Å². The van der Waals surface area contributed by atoms with Crippen LogP contribution in [0.2, 0.25) is 0 Å². The Hall–Kier alpha value is -1.07. The van der Waals surface area contributed by atoms with Gasteiger partial charge in [-0.25, -0.2) is 4.79 Å². The van der Waals surface area contributed by atoms with Gasteiger partial charge in [0.25, 0.3) is 0 Å². The smallest absolute Gasteiger partial charge is 0.333 e. The third kappa shape index (κ3) is 4.23. The van der Waals surface area contributed by atoms with Gasteiger partial charge < -0.3 is 14.2 Å². The number of hydrogen-bond acceptors (Lipinski definition) is 5. The maximum atomic E-state index is 11.3. The number of nitrogens with zero attached hydrogens (tertiary/aromatic N) is 1. The molecule has 22 heavy (non-hydrogen) atoms. The molecule has 2 aliphatic heterocycles. The molecule has 126 valence electrons. The second-order valence-corrected chi connectivity index (χ2v) is 7.62. The van der Waals surface area contributed by atoms with E-state index in [1.165, 1.54) is 13.2 Å². The molecule has 2 saturated heterocycles. The van der Waals surface area contributed by atoms with Crippen LogP contribution >= 0.6 is 0 Å². The minimum Gasteiger partial charge on any atom is -0.495 e. The molecule has 5 heteroatoms. The van der Waals surface area contributed by atoms with Crippen LogP contribution in [0.25, 0.3) is 0 Å². The first-order chi connectivity index (χ1) is 10.1. The Kier molecular flexibility index (Phi) is 4.87. The highest BCUT2D eigenvalue weighted by atomic mass is 16.6. The van der Waals surface area contributed by atoms with E-state index >= 15 is 0 Å². The van der Waals surface area contributed by atoms with Crippen molar-refractivity contribution in [3.05, 3.63) is 11.8 Å². The third-order valence-electron chi connectivity index (χ3n) is 4.58. The molecule has 0 amide bonds. The summed E-state index contributed by atoms with van der Waals surface area (Å²) in [6, 6.07) is 0. The standard InChI is InChI=1S/C17H29NO4/c1-12(7-15(19)20-6)22-13-8-16(2,3)18(10-14-11-21-14)17(4,5)9-13/h7,13-14H,8-11H2,1-6H3/b12-7-. The highest BCUT2D eigenvalue weighted by molar-refractivity contribution is 5.82. The molecule has 2 fully saturated rings. The summed E-state index contributed by atoms with van der Waals surface area (Å²) in [5.74, 6) is 0.238. The zero-order valence-corrected chi connectivity index (χ0v) is 14.6.